The first-order chi connectivity index (χ1) is 1.73. The maximum absolute atomic E-state index is 3.64. The van der Waals surface area contributed by atoms with Crippen LogP contribution in [0.3, 0.4) is 0 Å². The zero-order valence-electron chi connectivity index (χ0n) is 3.28. The van der Waals surface area contributed by atoms with E-state index < -0.39 is 0 Å². The predicted octanol–water partition coefficient (Wildman–Crippen LogP) is 2.11. The highest BCUT2D eigenvalue weighted by Gasteiger charge is 1.56. The number of rotatable bonds is 0. The summed E-state index contributed by atoms with van der Waals surface area (Å²) >= 11 is 0. The van der Waals surface area contributed by atoms with Gasteiger partial charge in [-0.3, -0.25) is 0 Å². The van der Waals surface area contributed by atoms with Crippen molar-refractivity contribution in [1.82, 2.24) is 0 Å². The fourth-order valence-corrected chi connectivity index (χ4v) is 0. The molecule has 0 aromatic carbocycles. The molecule has 0 amide bonds. The molecule has 0 radical (unpaired) electrons. The molecule has 0 aromatic heterocycles. The van der Waals surface area contributed by atoms with E-state index >= 15 is 0 Å². The van der Waals surface area contributed by atoms with Crippen LogP contribution in [-0.2, 0) is 0 Å². The number of hydrogen-bond donors (Lipinski definition) is 0. The second-order valence-corrected chi connectivity index (χ2v) is 1.39. The van der Waals surface area contributed by atoms with Crippen LogP contribution in [0.2, 0.25) is 0 Å². The SMILES string of the molecule is C.[CH2-]C(C)C. The molecule has 0 rings (SSSR count). The molecule has 0 saturated heterocycles. The van der Waals surface area contributed by atoms with E-state index in [2.05, 4.69) is 20.8 Å². The first-order valence-corrected chi connectivity index (χ1v) is 1.56. The predicted molar refractivity (Wildman–Crippen MR) is 26.9 cm³/mol. The maximum atomic E-state index is 3.64. The van der Waals surface area contributed by atoms with Crippen LogP contribution in [0.5, 0.6) is 0 Å². The Hall–Kier alpha value is 0. The van der Waals surface area contributed by atoms with Crippen molar-refractivity contribution < 1.29 is 0 Å². The third kappa shape index (κ3) is 0. The lowest BCUT2D eigenvalue weighted by Crippen LogP contribution is -1.67. The van der Waals surface area contributed by atoms with Crippen molar-refractivity contribution in [3.05, 3.63) is 6.92 Å². The summed E-state index contributed by atoms with van der Waals surface area (Å²) in [5, 5.41) is 0. The standard InChI is InChI=1S/C4H9.CH4/c1-4(2)3;/h4H,1H2,2-3H3;1H4/q-1;. The molecule has 0 unspecified atom stereocenters. The Morgan fingerprint density at radius 3 is 1.40 bits per heavy atom. The Morgan fingerprint density at radius 2 is 1.40 bits per heavy atom. The Kier molecular flexibility index (Phi) is 7.11. The average molecular weight is 73.2 g/mol. The first kappa shape index (κ1) is 8.89. The van der Waals surface area contributed by atoms with Gasteiger partial charge in [-0.1, -0.05) is 21.3 Å². The van der Waals surface area contributed by atoms with E-state index in [4.69, 9.17) is 0 Å². The normalized spacial score (nSPS) is 7.20. The van der Waals surface area contributed by atoms with Gasteiger partial charge in [-0.2, -0.15) is 5.92 Å². The maximum Gasteiger partial charge on any atom is -0.0776 e. The third-order valence-electron chi connectivity index (χ3n) is 0. The quantitative estimate of drug-likeness (QED) is 0.385. The van der Waals surface area contributed by atoms with E-state index in [1.165, 1.54) is 0 Å². The Morgan fingerprint density at radius 1 is 1.40 bits per heavy atom. The van der Waals surface area contributed by atoms with Gasteiger partial charge >= 0.3 is 0 Å². The highest BCUT2D eigenvalue weighted by molar-refractivity contribution is 4.38. The second-order valence-electron chi connectivity index (χ2n) is 1.39. The van der Waals surface area contributed by atoms with Crippen molar-refractivity contribution in [3.63, 3.8) is 0 Å². The first-order valence-electron chi connectivity index (χ1n) is 1.56. The molecule has 0 aromatic rings. The summed E-state index contributed by atoms with van der Waals surface area (Å²) in [6, 6.07) is 0. The third-order valence-corrected chi connectivity index (χ3v) is 0. The van der Waals surface area contributed by atoms with Crippen molar-refractivity contribution >= 4 is 0 Å². The van der Waals surface area contributed by atoms with Crippen LogP contribution in [0.1, 0.15) is 21.3 Å². The van der Waals surface area contributed by atoms with Gasteiger partial charge in [0.2, 0.25) is 0 Å². The van der Waals surface area contributed by atoms with Gasteiger partial charge in [-0.15, -0.1) is 0 Å². The van der Waals surface area contributed by atoms with E-state index in [1.807, 2.05) is 0 Å². The molecule has 0 nitrogen and oxygen atoms in total. The lowest BCUT2D eigenvalue weighted by molar-refractivity contribution is 0.827. The minimum absolute atomic E-state index is 0. The molecule has 0 aliphatic heterocycles. The molecule has 0 atom stereocenters. The van der Waals surface area contributed by atoms with Gasteiger partial charge < -0.3 is 6.92 Å². The summed E-state index contributed by atoms with van der Waals surface area (Å²) < 4.78 is 0. The van der Waals surface area contributed by atoms with Crippen LogP contribution in [-0.4, -0.2) is 0 Å². The van der Waals surface area contributed by atoms with Gasteiger partial charge in [0.25, 0.3) is 0 Å². The van der Waals surface area contributed by atoms with Crippen LogP contribution in [0.4, 0.5) is 0 Å². The van der Waals surface area contributed by atoms with E-state index in [0.717, 1.165) is 0 Å². The topological polar surface area (TPSA) is 0 Å². The zero-order valence-corrected chi connectivity index (χ0v) is 3.28. The van der Waals surface area contributed by atoms with Gasteiger partial charge in [0.15, 0.2) is 0 Å². The minimum atomic E-state index is 0. The molecule has 0 saturated carbocycles. The highest BCUT2D eigenvalue weighted by atomic mass is 13.7. The van der Waals surface area contributed by atoms with Crippen molar-refractivity contribution in [2.24, 2.45) is 5.92 Å². The van der Waals surface area contributed by atoms with Gasteiger partial charge in [0, 0.05) is 0 Å². The fraction of sp³-hybridized carbons (Fsp3) is 0.800. The minimum Gasteiger partial charge on any atom is -0.341 e. The lowest BCUT2D eigenvalue weighted by atomic mass is 10.3. The molecular formula is C5H13-. The van der Waals surface area contributed by atoms with Crippen LogP contribution in [0.25, 0.3) is 0 Å². The average Bonchev–Trinajstić information content (AvgIpc) is 0.811. The molecule has 0 fully saturated rings. The van der Waals surface area contributed by atoms with Crippen molar-refractivity contribution in [2.75, 3.05) is 0 Å². The molecule has 0 heterocycles. The van der Waals surface area contributed by atoms with Crippen LogP contribution >= 0.6 is 0 Å². The fourth-order valence-electron chi connectivity index (χ4n) is 0. The molecule has 0 bridgehead atoms. The van der Waals surface area contributed by atoms with E-state index in [-0.39, 0.29) is 7.43 Å². The highest BCUT2D eigenvalue weighted by Crippen LogP contribution is 1.80. The molecule has 5 heavy (non-hydrogen) atoms. The second kappa shape index (κ2) is 4.00. The largest absolute Gasteiger partial charge is 0.341 e. The number of hydrogen-bond acceptors (Lipinski definition) is 0. The van der Waals surface area contributed by atoms with Crippen LogP contribution < -0.4 is 0 Å². The molecule has 34 valence electrons. The molecule has 0 aliphatic rings. The van der Waals surface area contributed by atoms with Gasteiger partial charge in [-0.25, -0.2) is 0 Å². The smallest absolute Gasteiger partial charge is 0.0776 e. The molecular weight excluding hydrogens is 60.1 g/mol. The van der Waals surface area contributed by atoms with Crippen molar-refractivity contribution in [2.45, 2.75) is 21.3 Å². The summed E-state index contributed by atoms with van der Waals surface area (Å²) in [4.78, 5) is 0. The Labute approximate surface area is 35.2 Å². The molecule has 0 N–H and O–H groups in total. The summed E-state index contributed by atoms with van der Waals surface area (Å²) in [5.74, 6) is 0.583. The zero-order chi connectivity index (χ0) is 3.58. The van der Waals surface area contributed by atoms with E-state index in [0.29, 0.717) is 5.92 Å². The summed E-state index contributed by atoms with van der Waals surface area (Å²) in [5.41, 5.74) is 0. The van der Waals surface area contributed by atoms with E-state index in [1.54, 1.807) is 0 Å². The molecule has 0 spiro atoms. The lowest BCUT2D eigenvalue weighted by Gasteiger charge is -1.91. The van der Waals surface area contributed by atoms with Gasteiger partial charge in [0.05, 0.1) is 0 Å². The van der Waals surface area contributed by atoms with E-state index in [9.17, 15) is 0 Å². The van der Waals surface area contributed by atoms with Gasteiger partial charge in [-0.05, 0) is 0 Å². The van der Waals surface area contributed by atoms with Crippen molar-refractivity contribution in [1.29, 1.82) is 0 Å². The van der Waals surface area contributed by atoms with Crippen LogP contribution in [0.15, 0.2) is 0 Å². The summed E-state index contributed by atoms with van der Waals surface area (Å²) in [6.45, 7) is 7.75. The molecule has 0 heteroatoms. The Bertz CT molecular complexity index is 4.75. The Balaban J connectivity index is 0. The van der Waals surface area contributed by atoms with Gasteiger partial charge in [0.1, 0.15) is 0 Å². The van der Waals surface area contributed by atoms with Crippen molar-refractivity contribution in [3.8, 4) is 0 Å². The summed E-state index contributed by atoms with van der Waals surface area (Å²) in [7, 11) is 0. The molecule has 0 aliphatic carbocycles. The summed E-state index contributed by atoms with van der Waals surface area (Å²) in [6.07, 6.45) is 0. The van der Waals surface area contributed by atoms with Crippen LogP contribution in [0, 0.1) is 12.8 Å². The monoisotopic (exact) mass is 73.1 g/mol.